The number of hydrogen-bond acceptors (Lipinski definition) is 3. The predicted molar refractivity (Wildman–Crippen MR) is 56.8 cm³/mol. The van der Waals surface area contributed by atoms with E-state index in [4.69, 9.17) is 4.42 Å². The smallest absolute Gasteiger partial charge is 0.287 e. The van der Waals surface area contributed by atoms with Crippen molar-refractivity contribution < 1.29 is 14.0 Å². The second-order valence-corrected chi connectivity index (χ2v) is 3.96. The maximum Gasteiger partial charge on any atom is 0.287 e. The molecule has 5 heteroatoms. The summed E-state index contributed by atoms with van der Waals surface area (Å²) in [5.74, 6) is -0.308. The van der Waals surface area contributed by atoms with Crippen LogP contribution in [0.1, 0.15) is 30.3 Å². The molecule has 0 saturated heterocycles. The molecule has 1 aromatic heterocycles. The molecule has 1 heterocycles. The van der Waals surface area contributed by atoms with E-state index in [9.17, 15) is 9.59 Å². The molecule has 1 atom stereocenters. The van der Waals surface area contributed by atoms with Crippen molar-refractivity contribution in [2.24, 2.45) is 0 Å². The molecule has 1 aliphatic carbocycles. The summed E-state index contributed by atoms with van der Waals surface area (Å²) in [5.41, 5.74) is 0. The van der Waals surface area contributed by atoms with E-state index >= 15 is 0 Å². The van der Waals surface area contributed by atoms with Crippen molar-refractivity contribution in [1.29, 1.82) is 0 Å². The van der Waals surface area contributed by atoms with Crippen molar-refractivity contribution >= 4 is 11.8 Å². The summed E-state index contributed by atoms with van der Waals surface area (Å²) in [6.45, 7) is 1.65. The lowest BCUT2D eigenvalue weighted by Crippen LogP contribution is -2.45. The largest absolute Gasteiger partial charge is 0.459 e. The molecule has 2 amide bonds. The summed E-state index contributed by atoms with van der Waals surface area (Å²) in [6.07, 6.45) is 3.49. The van der Waals surface area contributed by atoms with Crippen LogP contribution in [0.4, 0.5) is 0 Å². The predicted octanol–water partition coefficient (Wildman–Crippen LogP) is 0.676. The van der Waals surface area contributed by atoms with Crippen LogP contribution in [0.3, 0.4) is 0 Å². The molecular formula is C11H14N2O3. The zero-order chi connectivity index (χ0) is 11.5. The van der Waals surface area contributed by atoms with Crippen LogP contribution in [0.25, 0.3) is 0 Å². The lowest BCUT2D eigenvalue weighted by atomic mass is 10.3. The summed E-state index contributed by atoms with van der Waals surface area (Å²) in [6, 6.07) is 2.94. The fourth-order valence-corrected chi connectivity index (χ4v) is 1.29. The van der Waals surface area contributed by atoms with Crippen molar-refractivity contribution in [3.05, 3.63) is 24.2 Å². The first-order valence-electron chi connectivity index (χ1n) is 5.31. The second kappa shape index (κ2) is 4.38. The molecule has 5 nitrogen and oxygen atoms in total. The summed E-state index contributed by atoms with van der Waals surface area (Å²) in [5, 5.41) is 5.39. The van der Waals surface area contributed by atoms with Gasteiger partial charge in [-0.25, -0.2) is 0 Å². The van der Waals surface area contributed by atoms with Gasteiger partial charge < -0.3 is 15.1 Å². The maximum atomic E-state index is 11.5. The van der Waals surface area contributed by atoms with Gasteiger partial charge in [0.05, 0.1) is 6.26 Å². The van der Waals surface area contributed by atoms with Crippen LogP contribution in [-0.4, -0.2) is 23.9 Å². The fourth-order valence-electron chi connectivity index (χ4n) is 1.29. The normalized spacial score (nSPS) is 16.6. The minimum absolute atomic E-state index is 0.151. The molecule has 2 rings (SSSR count). The van der Waals surface area contributed by atoms with Crippen molar-refractivity contribution in [1.82, 2.24) is 10.6 Å². The molecule has 86 valence electrons. The monoisotopic (exact) mass is 222 g/mol. The Balaban J connectivity index is 1.83. The van der Waals surface area contributed by atoms with Gasteiger partial charge in [-0.1, -0.05) is 0 Å². The maximum absolute atomic E-state index is 11.5. The number of nitrogens with one attached hydrogen (secondary N) is 2. The lowest BCUT2D eigenvalue weighted by Gasteiger charge is -2.12. The highest BCUT2D eigenvalue weighted by molar-refractivity contribution is 5.95. The Hall–Kier alpha value is -1.78. The minimum atomic E-state index is -0.543. The molecule has 2 N–H and O–H groups in total. The van der Waals surface area contributed by atoms with E-state index in [1.54, 1.807) is 19.1 Å². The van der Waals surface area contributed by atoms with E-state index in [-0.39, 0.29) is 17.6 Å². The molecule has 0 radical (unpaired) electrons. The average Bonchev–Trinajstić information content (AvgIpc) is 2.89. The summed E-state index contributed by atoms with van der Waals surface area (Å²) >= 11 is 0. The topological polar surface area (TPSA) is 71.3 Å². The van der Waals surface area contributed by atoms with Crippen LogP contribution in [0.15, 0.2) is 22.8 Å². The van der Waals surface area contributed by atoms with Gasteiger partial charge in [-0.15, -0.1) is 0 Å². The molecule has 1 aromatic rings. The van der Waals surface area contributed by atoms with Gasteiger partial charge in [-0.2, -0.15) is 0 Å². The first-order valence-corrected chi connectivity index (χ1v) is 5.31. The van der Waals surface area contributed by atoms with Gasteiger partial charge in [0.25, 0.3) is 5.91 Å². The van der Waals surface area contributed by atoms with Crippen molar-refractivity contribution in [3.63, 3.8) is 0 Å². The Bertz CT molecular complexity index is 382. The molecule has 1 aliphatic rings. The Morgan fingerprint density at radius 1 is 1.50 bits per heavy atom. The van der Waals surface area contributed by atoms with E-state index in [0.717, 1.165) is 12.8 Å². The third kappa shape index (κ3) is 2.62. The van der Waals surface area contributed by atoms with E-state index < -0.39 is 6.04 Å². The van der Waals surface area contributed by atoms with Gasteiger partial charge >= 0.3 is 0 Å². The Labute approximate surface area is 93.2 Å². The van der Waals surface area contributed by atoms with Crippen LogP contribution in [-0.2, 0) is 4.79 Å². The van der Waals surface area contributed by atoms with Crippen molar-refractivity contribution in [2.75, 3.05) is 0 Å². The van der Waals surface area contributed by atoms with Crippen LogP contribution >= 0.6 is 0 Å². The van der Waals surface area contributed by atoms with E-state index in [1.165, 1.54) is 6.26 Å². The molecule has 1 fully saturated rings. The van der Waals surface area contributed by atoms with Gasteiger partial charge in [0.2, 0.25) is 5.91 Å². The summed E-state index contributed by atoms with van der Waals surface area (Å²) < 4.78 is 4.93. The van der Waals surface area contributed by atoms with Crippen molar-refractivity contribution in [2.45, 2.75) is 31.8 Å². The number of hydrogen-bond donors (Lipinski definition) is 2. The Kier molecular flexibility index (Phi) is 2.94. The summed E-state index contributed by atoms with van der Waals surface area (Å²) in [4.78, 5) is 23.1. The second-order valence-electron chi connectivity index (χ2n) is 3.96. The molecular weight excluding hydrogens is 208 g/mol. The fraction of sp³-hybridized carbons (Fsp3) is 0.455. The number of rotatable bonds is 4. The molecule has 0 spiro atoms. The number of furan rings is 1. The van der Waals surface area contributed by atoms with E-state index in [2.05, 4.69) is 10.6 Å². The third-order valence-electron chi connectivity index (χ3n) is 2.41. The SMILES string of the molecule is C[C@H](NC(=O)c1ccco1)C(=O)NC1CC1. The van der Waals surface area contributed by atoms with Crippen molar-refractivity contribution in [3.8, 4) is 0 Å². The number of carbonyl (C=O) groups excluding carboxylic acids is 2. The van der Waals surface area contributed by atoms with E-state index in [1.807, 2.05) is 0 Å². The van der Waals surface area contributed by atoms with Gasteiger partial charge in [0.1, 0.15) is 6.04 Å². The standard InChI is InChI=1S/C11H14N2O3/c1-7(10(14)13-8-4-5-8)12-11(15)9-3-2-6-16-9/h2-3,6-8H,4-5H2,1H3,(H,12,15)(H,13,14)/t7-/m0/s1. The molecule has 0 aliphatic heterocycles. The Morgan fingerprint density at radius 3 is 2.81 bits per heavy atom. The lowest BCUT2D eigenvalue weighted by molar-refractivity contribution is -0.122. The van der Waals surface area contributed by atoms with Crippen LogP contribution in [0.2, 0.25) is 0 Å². The van der Waals surface area contributed by atoms with Crippen LogP contribution in [0.5, 0.6) is 0 Å². The number of carbonyl (C=O) groups is 2. The zero-order valence-corrected chi connectivity index (χ0v) is 9.03. The molecule has 16 heavy (non-hydrogen) atoms. The molecule has 0 unspecified atom stereocenters. The van der Waals surface area contributed by atoms with E-state index in [0.29, 0.717) is 6.04 Å². The highest BCUT2D eigenvalue weighted by atomic mass is 16.3. The first kappa shape index (κ1) is 10.7. The average molecular weight is 222 g/mol. The molecule has 0 aromatic carbocycles. The van der Waals surface area contributed by atoms with Gasteiger partial charge in [0, 0.05) is 6.04 Å². The van der Waals surface area contributed by atoms with Crippen LogP contribution < -0.4 is 10.6 Å². The van der Waals surface area contributed by atoms with Crippen LogP contribution in [0, 0.1) is 0 Å². The molecule has 1 saturated carbocycles. The first-order chi connectivity index (χ1) is 7.66. The van der Waals surface area contributed by atoms with Gasteiger partial charge in [0.15, 0.2) is 5.76 Å². The van der Waals surface area contributed by atoms with Gasteiger partial charge in [-0.3, -0.25) is 9.59 Å². The quantitative estimate of drug-likeness (QED) is 0.786. The third-order valence-corrected chi connectivity index (χ3v) is 2.41. The molecule has 0 bridgehead atoms. The Morgan fingerprint density at radius 2 is 2.25 bits per heavy atom. The zero-order valence-electron chi connectivity index (χ0n) is 9.03. The summed E-state index contributed by atoms with van der Waals surface area (Å²) in [7, 11) is 0. The van der Waals surface area contributed by atoms with Gasteiger partial charge in [-0.05, 0) is 31.9 Å². The number of amides is 2. The highest BCUT2D eigenvalue weighted by Gasteiger charge is 2.26. The minimum Gasteiger partial charge on any atom is -0.459 e. The highest BCUT2D eigenvalue weighted by Crippen LogP contribution is 2.18.